The summed E-state index contributed by atoms with van der Waals surface area (Å²) in [4.78, 5) is 25.5. The molecule has 0 fully saturated rings. The SMILES string of the molecule is CC(Oc1ccc2ccccc2c1)C(=O)N/N=C/c1cccc(OC(=O)c2sc3ccccc3c2Cl)c1. The van der Waals surface area contributed by atoms with Crippen LogP contribution >= 0.6 is 22.9 Å². The fraction of sp³-hybridized carbons (Fsp3) is 0.0690. The van der Waals surface area contributed by atoms with E-state index in [2.05, 4.69) is 10.5 Å². The van der Waals surface area contributed by atoms with Crippen LogP contribution in [-0.2, 0) is 4.79 Å². The molecule has 5 aromatic rings. The lowest BCUT2D eigenvalue weighted by molar-refractivity contribution is -0.127. The maximum absolute atomic E-state index is 12.7. The van der Waals surface area contributed by atoms with E-state index >= 15 is 0 Å². The molecule has 1 atom stereocenters. The van der Waals surface area contributed by atoms with Gasteiger partial charge in [-0.25, -0.2) is 10.2 Å². The number of carbonyl (C=O) groups excluding carboxylic acids is 2. The summed E-state index contributed by atoms with van der Waals surface area (Å²) < 4.78 is 12.2. The average Bonchev–Trinajstić information content (AvgIpc) is 3.25. The first kappa shape index (κ1) is 24.5. The van der Waals surface area contributed by atoms with E-state index < -0.39 is 18.0 Å². The minimum Gasteiger partial charge on any atom is -0.481 e. The van der Waals surface area contributed by atoms with E-state index in [4.69, 9.17) is 21.1 Å². The van der Waals surface area contributed by atoms with Gasteiger partial charge in [-0.3, -0.25) is 4.79 Å². The van der Waals surface area contributed by atoms with Crippen LogP contribution in [0.25, 0.3) is 20.9 Å². The standard InChI is InChI=1S/C29H21ClN2O4S/c1-18(35-23-14-13-20-8-2-3-9-21(20)16-23)28(33)32-31-17-19-7-6-10-22(15-19)36-29(34)27-26(30)24-11-4-5-12-25(24)37-27/h2-18H,1H3,(H,32,33)/b31-17+. The third kappa shape index (κ3) is 5.63. The number of esters is 1. The van der Waals surface area contributed by atoms with Gasteiger partial charge in [0.05, 0.1) is 11.2 Å². The number of hydrazone groups is 1. The van der Waals surface area contributed by atoms with Crippen molar-refractivity contribution >= 4 is 61.9 Å². The highest BCUT2D eigenvalue weighted by Crippen LogP contribution is 2.35. The first-order valence-electron chi connectivity index (χ1n) is 11.5. The molecule has 1 heterocycles. The zero-order valence-electron chi connectivity index (χ0n) is 19.7. The van der Waals surface area contributed by atoms with Crippen molar-refractivity contribution in [2.24, 2.45) is 5.10 Å². The van der Waals surface area contributed by atoms with Gasteiger partial charge in [-0.1, -0.05) is 72.3 Å². The lowest BCUT2D eigenvalue weighted by Crippen LogP contribution is -2.33. The fourth-order valence-corrected chi connectivity index (χ4v) is 5.10. The molecular formula is C29H21ClN2O4S. The molecule has 0 aliphatic carbocycles. The quantitative estimate of drug-likeness (QED) is 0.108. The molecule has 1 amide bonds. The Morgan fingerprint density at radius 3 is 2.54 bits per heavy atom. The molecule has 184 valence electrons. The molecule has 4 aromatic carbocycles. The number of ether oxygens (including phenoxy) is 2. The number of hydrogen-bond acceptors (Lipinski definition) is 6. The van der Waals surface area contributed by atoms with Crippen molar-refractivity contribution in [3.8, 4) is 11.5 Å². The predicted octanol–water partition coefficient (Wildman–Crippen LogP) is 6.84. The highest BCUT2D eigenvalue weighted by molar-refractivity contribution is 7.21. The van der Waals surface area contributed by atoms with Crippen molar-refractivity contribution in [3.63, 3.8) is 0 Å². The lowest BCUT2D eigenvalue weighted by Gasteiger charge is -2.13. The van der Waals surface area contributed by atoms with E-state index in [1.807, 2.05) is 66.7 Å². The Balaban J connectivity index is 1.19. The topological polar surface area (TPSA) is 77.0 Å². The number of carbonyl (C=O) groups is 2. The summed E-state index contributed by atoms with van der Waals surface area (Å²) in [5, 5.41) is 7.33. The number of rotatable bonds is 7. The monoisotopic (exact) mass is 528 g/mol. The van der Waals surface area contributed by atoms with Crippen molar-refractivity contribution in [1.82, 2.24) is 5.43 Å². The van der Waals surface area contributed by atoms with Gasteiger partial charge in [-0.15, -0.1) is 11.3 Å². The van der Waals surface area contributed by atoms with Crippen LogP contribution in [0.15, 0.2) is 96.1 Å². The summed E-state index contributed by atoms with van der Waals surface area (Å²) in [7, 11) is 0. The van der Waals surface area contributed by atoms with Gasteiger partial charge in [0.1, 0.15) is 16.4 Å². The molecule has 5 rings (SSSR count). The van der Waals surface area contributed by atoms with E-state index in [1.165, 1.54) is 17.6 Å². The predicted molar refractivity (Wildman–Crippen MR) is 148 cm³/mol. The minimum absolute atomic E-state index is 0.335. The van der Waals surface area contributed by atoms with Gasteiger partial charge in [0, 0.05) is 10.1 Å². The molecule has 0 spiro atoms. The van der Waals surface area contributed by atoms with Crippen LogP contribution in [0.1, 0.15) is 22.2 Å². The van der Waals surface area contributed by atoms with Gasteiger partial charge >= 0.3 is 5.97 Å². The van der Waals surface area contributed by atoms with E-state index in [9.17, 15) is 9.59 Å². The van der Waals surface area contributed by atoms with Crippen molar-refractivity contribution in [1.29, 1.82) is 0 Å². The second-order valence-electron chi connectivity index (χ2n) is 8.21. The molecule has 0 bridgehead atoms. The third-order valence-electron chi connectivity index (χ3n) is 5.58. The minimum atomic E-state index is -0.753. The number of amides is 1. The summed E-state index contributed by atoms with van der Waals surface area (Å²) in [6.07, 6.45) is 0.710. The second kappa shape index (κ2) is 10.8. The zero-order valence-corrected chi connectivity index (χ0v) is 21.3. The van der Waals surface area contributed by atoms with Gasteiger partial charge in [0.2, 0.25) is 0 Å². The first-order chi connectivity index (χ1) is 18.0. The maximum atomic E-state index is 12.7. The van der Waals surface area contributed by atoms with Gasteiger partial charge in [0.25, 0.3) is 5.91 Å². The maximum Gasteiger partial charge on any atom is 0.355 e. The van der Waals surface area contributed by atoms with Crippen LogP contribution in [0.2, 0.25) is 5.02 Å². The Hall–Kier alpha value is -4.20. The lowest BCUT2D eigenvalue weighted by atomic mass is 10.1. The Morgan fingerprint density at radius 2 is 1.70 bits per heavy atom. The Bertz CT molecular complexity index is 1650. The van der Waals surface area contributed by atoms with Crippen LogP contribution in [0.5, 0.6) is 11.5 Å². The van der Waals surface area contributed by atoms with E-state index in [0.29, 0.717) is 27.0 Å². The number of fused-ring (bicyclic) bond motifs is 2. The number of halogens is 1. The number of thiophene rings is 1. The van der Waals surface area contributed by atoms with Gasteiger partial charge in [0.15, 0.2) is 6.10 Å². The molecule has 1 N–H and O–H groups in total. The molecule has 1 unspecified atom stereocenters. The third-order valence-corrected chi connectivity index (χ3v) is 7.24. The summed E-state index contributed by atoms with van der Waals surface area (Å²) in [6.45, 7) is 1.65. The van der Waals surface area contributed by atoms with Gasteiger partial charge in [-0.2, -0.15) is 5.10 Å². The highest BCUT2D eigenvalue weighted by atomic mass is 35.5. The Morgan fingerprint density at radius 1 is 0.919 bits per heavy atom. The van der Waals surface area contributed by atoms with Gasteiger partial charge in [-0.05, 0) is 53.6 Å². The summed E-state index contributed by atoms with van der Waals surface area (Å²) in [6, 6.07) is 27.9. The van der Waals surface area contributed by atoms with Crippen molar-refractivity contribution in [2.75, 3.05) is 0 Å². The largest absolute Gasteiger partial charge is 0.481 e. The molecule has 0 radical (unpaired) electrons. The number of nitrogens with one attached hydrogen (secondary N) is 1. The summed E-state index contributed by atoms with van der Waals surface area (Å²) >= 11 is 7.67. The van der Waals surface area contributed by atoms with Crippen LogP contribution in [0.3, 0.4) is 0 Å². The van der Waals surface area contributed by atoms with Crippen LogP contribution in [-0.4, -0.2) is 24.2 Å². The molecule has 0 saturated heterocycles. The highest BCUT2D eigenvalue weighted by Gasteiger charge is 2.19. The van der Waals surface area contributed by atoms with Crippen molar-refractivity contribution in [2.45, 2.75) is 13.0 Å². The molecule has 37 heavy (non-hydrogen) atoms. The summed E-state index contributed by atoms with van der Waals surface area (Å²) in [5.74, 6) is 0.0000387. The zero-order chi connectivity index (χ0) is 25.8. The number of hydrogen-bond donors (Lipinski definition) is 1. The van der Waals surface area contributed by atoms with Crippen LogP contribution in [0, 0.1) is 0 Å². The molecule has 1 aromatic heterocycles. The van der Waals surface area contributed by atoms with E-state index in [-0.39, 0.29) is 0 Å². The second-order valence-corrected chi connectivity index (χ2v) is 9.64. The van der Waals surface area contributed by atoms with Crippen LogP contribution in [0.4, 0.5) is 0 Å². The molecule has 8 heteroatoms. The normalized spacial score (nSPS) is 12.1. The van der Waals surface area contributed by atoms with Crippen molar-refractivity contribution < 1.29 is 19.1 Å². The Kier molecular flexibility index (Phi) is 7.16. The number of benzene rings is 4. The molecular weight excluding hydrogens is 508 g/mol. The van der Waals surface area contributed by atoms with E-state index in [0.717, 1.165) is 20.9 Å². The molecule has 6 nitrogen and oxygen atoms in total. The van der Waals surface area contributed by atoms with Crippen molar-refractivity contribution in [3.05, 3.63) is 106 Å². The Labute approximate surface area is 222 Å². The number of nitrogens with zero attached hydrogens (tertiary/aromatic N) is 1. The smallest absolute Gasteiger partial charge is 0.355 e. The van der Waals surface area contributed by atoms with Crippen LogP contribution < -0.4 is 14.9 Å². The fourth-order valence-electron chi connectivity index (χ4n) is 3.72. The van der Waals surface area contributed by atoms with Gasteiger partial charge < -0.3 is 9.47 Å². The van der Waals surface area contributed by atoms with E-state index in [1.54, 1.807) is 31.2 Å². The first-order valence-corrected chi connectivity index (χ1v) is 12.6. The average molecular weight is 529 g/mol. The summed E-state index contributed by atoms with van der Waals surface area (Å²) in [5.41, 5.74) is 3.11. The molecule has 0 aliphatic rings. The molecule has 0 aliphatic heterocycles. The molecule has 0 saturated carbocycles.